The van der Waals surface area contributed by atoms with E-state index >= 15 is 0 Å². The zero-order chi connectivity index (χ0) is 23.9. The van der Waals surface area contributed by atoms with Crippen molar-refractivity contribution in [1.82, 2.24) is 10.2 Å². The Hall–Kier alpha value is -2.21. The molecule has 174 valence electrons. The van der Waals surface area contributed by atoms with Crippen molar-refractivity contribution in [3.05, 3.63) is 63.5 Å². The number of sulfonamides is 1. The maximum atomic E-state index is 13.3. The van der Waals surface area contributed by atoms with Crippen molar-refractivity contribution in [1.29, 1.82) is 0 Å². The van der Waals surface area contributed by atoms with Crippen molar-refractivity contribution in [2.24, 2.45) is 0 Å². The molecule has 0 saturated heterocycles. The fourth-order valence-electron chi connectivity index (χ4n) is 2.99. The second-order valence-electron chi connectivity index (χ2n) is 7.36. The topological polar surface area (TPSA) is 86.8 Å². The number of benzene rings is 2. The average molecular weight is 575 g/mol. The molecule has 32 heavy (non-hydrogen) atoms. The second kappa shape index (κ2) is 11.6. The van der Waals surface area contributed by atoms with Crippen molar-refractivity contribution in [3.63, 3.8) is 0 Å². The van der Waals surface area contributed by atoms with Gasteiger partial charge >= 0.3 is 0 Å². The summed E-state index contributed by atoms with van der Waals surface area (Å²) in [5, 5.41) is 2.76. The third-order valence-corrected chi connectivity index (χ3v) is 6.64. The first-order chi connectivity index (χ1) is 15.0. The van der Waals surface area contributed by atoms with Gasteiger partial charge in [0, 0.05) is 16.7 Å². The van der Waals surface area contributed by atoms with Crippen LogP contribution < -0.4 is 9.62 Å². The smallest absolute Gasteiger partial charge is 0.244 e. The minimum Gasteiger partial charge on any atom is -0.354 e. The molecule has 0 aliphatic carbocycles. The van der Waals surface area contributed by atoms with Gasteiger partial charge in [0.1, 0.15) is 18.4 Å². The lowest BCUT2D eigenvalue weighted by atomic mass is 10.1. The molecule has 0 aliphatic heterocycles. The van der Waals surface area contributed by atoms with Gasteiger partial charge in [0.2, 0.25) is 21.8 Å². The molecule has 7 nitrogen and oxygen atoms in total. The summed E-state index contributed by atoms with van der Waals surface area (Å²) in [7, 11) is -3.76. The third-order valence-electron chi connectivity index (χ3n) is 4.78. The van der Waals surface area contributed by atoms with Crippen LogP contribution in [0.15, 0.2) is 48.5 Å². The van der Waals surface area contributed by atoms with Crippen LogP contribution in [0.5, 0.6) is 0 Å². The summed E-state index contributed by atoms with van der Waals surface area (Å²) < 4.78 is 40.1. The van der Waals surface area contributed by atoms with Gasteiger partial charge in [-0.05, 0) is 77.9 Å². The van der Waals surface area contributed by atoms with Gasteiger partial charge in [-0.15, -0.1) is 0 Å². The van der Waals surface area contributed by atoms with Crippen molar-refractivity contribution < 1.29 is 22.4 Å². The van der Waals surface area contributed by atoms with Crippen LogP contribution in [0, 0.1) is 9.39 Å². The number of carbonyl (C=O) groups is 2. The predicted octanol–water partition coefficient (Wildman–Crippen LogP) is 3.14. The van der Waals surface area contributed by atoms with Gasteiger partial charge < -0.3 is 10.2 Å². The molecule has 2 amide bonds. The Labute approximate surface area is 202 Å². The van der Waals surface area contributed by atoms with E-state index in [0.717, 1.165) is 20.6 Å². The summed E-state index contributed by atoms with van der Waals surface area (Å²) in [5.74, 6) is -1.30. The predicted molar refractivity (Wildman–Crippen MR) is 131 cm³/mol. The number of carbonyl (C=O) groups excluding carboxylic acids is 2. The number of nitrogens with one attached hydrogen (secondary N) is 1. The highest BCUT2D eigenvalue weighted by atomic mass is 127. The van der Waals surface area contributed by atoms with Gasteiger partial charge in [-0.1, -0.05) is 19.1 Å². The van der Waals surface area contributed by atoms with Crippen LogP contribution >= 0.6 is 22.6 Å². The van der Waals surface area contributed by atoms with Gasteiger partial charge in [-0.2, -0.15) is 0 Å². The second-order valence-corrected chi connectivity index (χ2v) is 10.5. The first kappa shape index (κ1) is 26.0. The summed E-state index contributed by atoms with van der Waals surface area (Å²) in [4.78, 5) is 27.2. The fourth-order valence-corrected chi connectivity index (χ4v) is 4.20. The zero-order valence-electron chi connectivity index (χ0n) is 18.2. The largest absolute Gasteiger partial charge is 0.354 e. The number of amides is 2. The van der Waals surface area contributed by atoms with E-state index in [9.17, 15) is 22.4 Å². The van der Waals surface area contributed by atoms with Gasteiger partial charge in [0.25, 0.3) is 0 Å². The standard InChI is InChI=1S/C22H27FIN3O4S/c1-4-13-25-22(29)16(2)26(14-17-5-7-18(23)8-6-17)21(28)15-27(32(3,30)31)20-11-9-19(24)10-12-20/h5-12,16H,4,13-15H2,1-3H3,(H,25,29)/t16-/m1/s1. The number of nitrogens with zero attached hydrogens (tertiary/aromatic N) is 2. The van der Waals surface area contributed by atoms with Crippen LogP contribution in [0.4, 0.5) is 10.1 Å². The van der Waals surface area contributed by atoms with Crippen LogP contribution in [-0.2, 0) is 26.2 Å². The molecule has 0 heterocycles. The Morgan fingerprint density at radius 2 is 1.69 bits per heavy atom. The van der Waals surface area contributed by atoms with Gasteiger partial charge in [0.15, 0.2) is 0 Å². The monoisotopic (exact) mass is 575 g/mol. The van der Waals surface area contributed by atoms with Crippen LogP contribution in [0.1, 0.15) is 25.8 Å². The molecule has 0 aliphatic rings. The summed E-state index contributed by atoms with van der Waals surface area (Å²) in [6, 6.07) is 11.5. The molecule has 10 heteroatoms. The number of hydrogen-bond donors (Lipinski definition) is 1. The highest BCUT2D eigenvalue weighted by Gasteiger charge is 2.29. The number of halogens is 2. The van der Waals surface area contributed by atoms with Gasteiger partial charge in [-0.3, -0.25) is 13.9 Å². The molecule has 2 aromatic carbocycles. The van der Waals surface area contributed by atoms with Gasteiger partial charge in [-0.25, -0.2) is 12.8 Å². The molecule has 0 spiro atoms. The van der Waals surface area contributed by atoms with Crippen LogP contribution in [-0.4, -0.2) is 50.5 Å². The molecule has 0 fully saturated rings. The molecule has 0 unspecified atom stereocenters. The Kier molecular flexibility index (Phi) is 9.44. The SMILES string of the molecule is CCCNC(=O)[C@@H](C)N(Cc1ccc(F)cc1)C(=O)CN(c1ccc(I)cc1)S(C)(=O)=O. The van der Waals surface area contributed by atoms with Crippen molar-refractivity contribution in [2.45, 2.75) is 32.9 Å². The first-order valence-electron chi connectivity index (χ1n) is 10.1. The lowest BCUT2D eigenvalue weighted by Gasteiger charge is -2.31. The lowest BCUT2D eigenvalue weighted by molar-refractivity contribution is -0.139. The molecule has 1 atom stereocenters. The Morgan fingerprint density at radius 1 is 1.09 bits per heavy atom. The summed E-state index contributed by atoms with van der Waals surface area (Å²) in [6.07, 6.45) is 1.76. The maximum absolute atomic E-state index is 13.3. The summed E-state index contributed by atoms with van der Waals surface area (Å²) >= 11 is 2.10. The van der Waals surface area contributed by atoms with E-state index in [1.54, 1.807) is 31.2 Å². The zero-order valence-corrected chi connectivity index (χ0v) is 21.2. The molecule has 0 bridgehead atoms. The van der Waals surface area contributed by atoms with E-state index in [0.29, 0.717) is 17.8 Å². The Morgan fingerprint density at radius 3 is 2.22 bits per heavy atom. The third kappa shape index (κ3) is 7.44. The Balaban J connectivity index is 2.34. The molecule has 2 aromatic rings. The highest BCUT2D eigenvalue weighted by molar-refractivity contribution is 14.1. The minimum atomic E-state index is -3.76. The molecule has 0 saturated carbocycles. The van der Waals surface area contributed by atoms with Gasteiger partial charge in [0.05, 0.1) is 11.9 Å². The van der Waals surface area contributed by atoms with Crippen LogP contribution in [0.3, 0.4) is 0 Å². The highest BCUT2D eigenvalue weighted by Crippen LogP contribution is 2.20. The maximum Gasteiger partial charge on any atom is 0.244 e. The fraction of sp³-hybridized carbons (Fsp3) is 0.364. The summed E-state index contributed by atoms with van der Waals surface area (Å²) in [6.45, 7) is 3.52. The van der Waals surface area contributed by atoms with E-state index in [-0.39, 0.29) is 12.5 Å². The lowest BCUT2D eigenvalue weighted by Crippen LogP contribution is -2.51. The number of hydrogen-bond acceptors (Lipinski definition) is 4. The number of rotatable bonds is 10. The molecule has 2 rings (SSSR count). The normalized spacial score (nSPS) is 12.2. The molecular weight excluding hydrogens is 548 g/mol. The quantitative estimate of drug-likeness (QED) is 0.442. The summed E-state index contributed by atoms with van der Waals surface area (Å²) in [5.41, 5.74) is 0.973. The molecule has 1 N–H and O–H groups in total. The first-order valence-corrected chi connectivity index (χ1v) is 13.0. The minimum absolute atomic E-state index is 0.0319. The molecular formula is C22H27FIN3O4S. The van der Waals surface area contributed by atoms with Crippen molar-refractivity contribution in [2.75, 3.05) is 23.7 Å². The van der Waals surface area contributed by atoms with Crippen LogP contribution in [0.2, 0.25) is 0 Å². The average Bonchev–Trinajstić information content (AvgIpc) is 2.74. The molecule has 0 radical (unpaired) electrons. The van der Waals surface area contributed by atoms with E-state index in [1.807, 2.05) is 6.92 Å². The van der Waals surface area contributed by atoms with E-state index in [2.05, 4.69) is 27.9 Å². The molecule has 0 aromatic heterocycles. The van der Waals surface area contributed by atoms with E-state index in [1.165, 1.54) is 29.2 Å². The van der Waals surface area contributed by atoms with Crippen molar-refractivity contribution in [3.8, 4) is 0 Å². The number of anilines is 1. The van der Waals surface area contributed by atoms with E-state index in [4.69, 9.17) is 0 Å². The Bertz CT molecular complexity index is 1030. The van der Waals surface area contributed by atoms with E-state index < -0.39 is 34.3 Å². The van der Waals surface area contributed by atoms with Crippen LogP contribution in [0.25, 0.3) is 0 Å². The van der Waals surface area contributed by atoms with Crippen molar-refractivity contribution >= 4 is 50.1 Å².